The van der Waals surface area contributed by atoms with Crippen LogP contribution in [0, 0.1) is 0 Å². The molecule has 0 aliphatic carbocycles. The first-order valence-electron chi connectivity index (χ1n) is 4.44. The van der Waals surface area contributed by atoms with Crippen molar-refractivity contribution in [2.24, 2.45) is 0 Å². The largest absolute Gasteiger partial charge is 0.405 e. The lowest BCUT2D eigenvalue weighted by atomic mass is 10.2. The lowest BCUT2D eigenvalue weighted by Crippen LogP contribution is -2.49. The first-order valence-corrected chi connectivity index (χ1v) is 4.44. The van der Waals surface area contributed by atoms with Crippen molar-refractivity contribution in [3.8, 4) is 0 Å². The van der Waals surface area contributed by atoms with Gasteiger partial charge in [0.1, 0.15) is 6.04 Å². The van der Waals surface area contributed by atoms with Gasteiger partial charge in [-0.05, 0) is 19.1 Å². The van der Waals surface area contributed by atoms with Gasteiger partial charge in [-0.15, -0.1) is 0 Å². The Labute approximate surface area is 89.8 Å². The molecule has 1 unspecified atom stereocenters. The summed E-state index contributed by atoms with van der Waals surface area (Å²) in [5, 5.41) is 0. The Kier molecular flexibility index (Phi) is 3.83. The Morgan fingerprint density at radius 3 is 2.44 bits per heavy atom. The van der Waals surface area contributed by atoms with E-state index in [2.05, 4.69) is 4.98 Å². The first kappa shape index (κ1) is 12.4. The molecule has 4 nitrogen and oxygen atoms in total. The maximum atomic E-state index is 12.1. The van der Waals surface area contributed by atoms with Gasteiger partial charge in [-0.2, -0.15) is 13.2 Å². The fourth-order valence-electron chi connectivity index (χ4n) is 0.831. The zero-order valence-electron chi connectivity index (χ0n) is 8.38. The van der Waals surface area contributed by atoms with E-state index in [1.165, 1.54) is 24.5 Å². The summed E-state index contributed by atoms with van der Waals surface area (Å²) in [5.41, 5.74) is 4.08. The molecule has 0 aromatic carbocycles. The molecule has 0 fully saturated rings. The predicted molar refractivity (Wildman–Crippen MR) is 50.4 cm³/mol. The second kappa shape index (κ2) is 4.93. The highest BCUT2D eigenvalue weighted by Gasteiger charge is 2.36. The number of rotatable bonds is 3. The number of hydrazine groups is 1. The first-order chi connectivity index (χ1) is 7.41. The quantitative estimate of drug-likeness (QED) is 0.773. The number of aromatic nitrogens is 1. The average Bonchev–Trinajstić information content (AvgIpc) is 2.25. The van der Waals surface area contributed by atoms with Crippen molar-refractivity contribution < 1.29 is 18.0 Å². The number of carbonyl (C=O) groups excluding carboxylic acids is 1. The predicted octanol–water partition coefficient (Wildman–Crippen LogP) is 1.27. The number of amides is 1. The molecule has 0 saturated heterocycles. The smallest absolute Gasteiger partial charge is 0.287 e. The van der Waals surface area contributed by atoms with E-state index in [1.54, 1.807) is 0 Å². The highest BCUT2D eigenvalue weighted by molar-refractivity contribution is 5.93. The molecular weight excluding hydrogens is 223 g/mol. The van der Waals surface area contributed by atoms with E-state index in [4.69, 9.17) is 0 Å². The number of carbonyl (C=O) groups is 1. The molecule has 0 bridgehead atoms. The molecule has 1 atom stereocenters. The Balaban J connectivity index is 2.48. The lowest BCUT2D eigenvalue weighted by Gasteiger charge is -2.17. The molecule has 1 aromatic heterocycles. The summed E-state index contributed by atoms with van der Waals surface area (Å²) in [6.45, 7) is 0.910. The van der Waals surface area contributed by atoms with Gasteiger partial charge in [0.2, 0.25) is 0 Å². The van der Waals surface area contributed by atoms with Gasteiger partial charge in [-0.3, -0.25) is 15.2 Å². The maximum absolute atomic E-state index is 12.1. The Morgan fingerprint density at radius 2 is 1.94 bits per heavy atom. The fraction of sp³-hybridized carbons (Fsp3) is 0.333. The van der Waals surface area contributed by atoms with Crippen LogP contribution in [0.15, 0.2) is 24.5 Å². The molecule has 0 aliphatic rings. The molecule has 2 N–H and O–H groups in total. The van der Waals surface area contributed by atoms with Gasteiger partial charge in [0.15, 0.2) is 0 Å². The van der Waals surface area contributed by atoms with Gasteiger partial charge in [-0.1, -0.05) is 0 Å². The molecular formula is C9H10F3N3O. The molecule has 0 saturated carbocycles. The molecule has 7 heteroatoms. The van der Waals surface area contributed by atoms with Gasteiger partial charge in [0.25, 0.3) is 5.91 Å². The number of pyridine rings is 1. The summed E-state index contributed by atoms with van der Waals surface area (Å²) in [4.78, 5) is 15.0. The van der Waals surface area contributed by atoms with Crippen LogP contribution in [0.2, 0.25) is 0 Å². The summed E-state index contributed by atoms with van der Waals surface area (Å²) < 4.78 is 36.2. The number of nitrogens with one attached hydrogen (secondary N) is 2. The topological polar surface area (TPSA) is 54.0 Å². The van der Waals surface area contributed by atoms with Crippen LogP contribution in [0.25, 0.3) is 0 Å². The van der Waals surface area contributed by atoms with Gasteiger partial charge in [-0.25, -0.2) is 5.43 Å². The summed E-state index contributed by atoms with van der Waals surface area (Å²) in [6.07, 6.45) is -1.64. The van der Waals surface area contributed by atoms with Gasteiger partial charge < -0.3 is 0 Å². The van der Waals surface area contributed by atoms with E-state index >= 15 is 0 Å². The molecule has 0 aliphatic heterocycles. The van der Waals surface area contributed by atoms with Crippen molar-refractivity contribution in [2.75, 3.05) is 0 Å². The van der Waals surface area contributed by atoms with E-state index in [-0.39, 0.29) is 5.56 Å². The number of alkyl halides is 3. The van der Waals surface area contributed by atoms with Crippen LogP contribution >= 0.6 is 0 Å². The third-order valence-electron chi connectivity index (χ3n) is 1.84. The zero-order chi connectivity index (χ0) is 12.2. The molecule has 0 radical (unpaired) electrons. The van der Waals surface area contributed by atoms with Crippen LogP contribution in [0.5, 0.6) is 0 Å². The normalized spacial score (nSPS) is 13.2. The standard InChI is InChI=1S/C9H10F3N3O/c1-6(9(10,11)12)14-15-8(16)7-2-4-13-5-3-7/h2-6,14H,1H3,(H,15,16). The maximum Gasteiger partial charge on any atom is 0.405 e. The number of nitrogens with zero attached hydrogens (tertiary/aromatic N) is 1. The fourth-order valence-corrected chi connectivity index (χ4v) is 0.831. The van der Waals surface area contributed by atoms with Crippen LogP contribution < -0.4 is 10.9 Å². The highest BCUT2D eigenvalue weighted by atomic mass is 19.4. The Hall–Kier alpha value is -1.63. The van der Waals surface area contributed by atoms with Crippen molar-refractivity contribution >= 4 is 5.91 Å². The van der Waals surface area contributed by atoms with Gasteiger partial charge in [0.05, 0.1) is 0 Å². The van der Waals surface area contributed by atoms with E-state index in [0.29, 0.717) is 0 Å². The molecule has 1 heterocycles. The highest BCUT2D eigenvalue weighted by Crippen LogP contribution is 2.18. The minimum Gasteiger partial charge on any atom is -0.287 e. The molecule has 1 amide bonds. The number of hydrogen-bond acceptors (Lipinski definition) is 3. The third kappa shape index (κ3) is 3.50. The van der Waals surface area contributed by atoms with Crippen LogP contribution in [0.3, 0.4) is 0 Å². The van der Waals surface area contributed by atoms with Crippen molar-refractivity contribution in [3.63, 3.8) is 0 Å². The van der Waals surface area contributed by atoms with Crippen LogP contribution in [0.1, 0.15) is 17.3 Å². The van der Waals surface area contributed by atoms with Gasteiger partial charge in [0, 0.05) is 18.0 Å². The monoisotopic (exact) mass is 233 g/mol. The third-order valence-corrected chi connectivity index (χ3v) is 1.84. The van der Waals surface area contributed by atoms with E-state index in [1.807, 2.05) is 10.9 Å². The van der Waals surface area contributed by atoms with Crippen LogP contribution in [-0.4, -0.2) is 23.1 Å². The molecule has 16 heavy (non-hydrogen) atoms. The van der Waals surface area contributed by atoms with Crippen LogP contribution in [0.4, 0.5) is 13.2 Å². The van der Waals surface area contributed by atoms with Crippen molar-refractivity contribution in [1.29, 1.82) is 0 Å². The average molecular weight is 233 g/mol. The number of hydrogen-bond donors (Lipinski definition) is 2. The lowest BCUT2D eigenvalue weighted by molar-refractivity contribution is -0.153. The van der Waals surface area contributed by atoms with Crippen molar-refractivity contribution in [3.05, 3.63) is 30.1 Å². The minimum atomic E-state index is -4.40. The zero-order valence-corrected chi connectivity index (χ0v) is 8.38. The van der Waals surface area contributed by atoms with Crippen LogP contribution in [-0.2, 0) is 0 Å². The minimum absolute atomic E-state index is 0.233. The second-order valence-electron chi connectivity index (χ2n) is 3.10. The van der Waals surface area contributed by atoms with Gasteiger partial charge >= 0.3 is 6.18 Å². The molecule has 88 valence electrons. The summed E-state index contributed by atoms with van der Waals surface area (Å²) >= 11 is 0. The van der Waals surface area contributed by atoms with E-state index in [0.717, 1.165) is 6.92 Å². The summed E-state index contributed by atoms with van der Waals surface area (Å²) in [5.74, 6) is -0.640. The second-order valence-corrected chi connectivity index (χ2v) is 3.10. The SMILES string of the molecule is CC(NNC(=O)c1ccncc1)C(F)(F)F. The van der Waals surface area contributed by atoms with E-state index < -0.39 is 18.1 Å². The Bertz CT molecular complexity index is 353. The van der Waals surface area contributed by atoms with Crippen molar-refractivity contribution in [1.82, 2.24) is 15.8 Å². The molecule has 1 rings (SSSR count). The summed E-state index contributed by atoms with van der Waals surface area (Å²) in [7, 11) is 0. The number of halogens is 3. The summed E-state index contributed by atoms with van der Waals surface area (Å²) in [6, 6.07) is 0.989. The van der Waals surface area contributed by atoms with E-state index in [9.17, 15) is 18.0 Å². The molecule has 0 spiro atoms. The van der Waals surface area contributed by atoms with Crippen molar-refractivity contribution in [2.45, 2.75) is 19.1 Å². The molecule has 1 aromatic rings. The Morgan fingerprint density at radius 1 is 1.38 bits per heavy atom.